The Balaban J connectivity index is 2.70. The van der Waals surface area contributed by atoms with Crippen LogP contribution in [0.5, 0.6) is 0 Å². The fourth-order valence-electron chi connectivity index (χ4n) is 1.09. The van der Waals surface area contributed by atoms with Crippen LogP contribution in [0.3, 0.4) is 0 Å². The van der Waals surface area contributed by atoms with Crippen LogP contribution in [0.1, 0.15) is 8.37 Å². The van der Waals surface area contributed by atoms with E-state index in [0.29, 0.717) is 3.58 Å². The molecular weight excluding hydrogens is 268 g/mol. The van der Waals surface area contributed by atoms with E-state index < -0.39 is 26.4 Å². The molecule has 0 fully saturated rings. The SMILES string of the molecule is O=C(O)c1cc2ccccc2[te]1. The summed E-state index contributed by atoms with van der Waals surface area (Å²) in [4.78, 5) is 10.6. The summed E-state index contributed by atoms with van der Waals surface area (Å²) in [5.74, 6) is -0.756. The quantitative estimate of drug-likeness (QED) is 0.802. The van der Waals surface area contributed by atoms with Crippen molar-refractivity contribution in [3.63, 3.8) is 0 Å². The second kappa shape index (κ2) is 2.93. The number of aromatic carboxylic acids is 1. The van der Waals surface area contributed by atoms with Gasteiger partial charge in [0.1, 0.15) is 0 Å². The van der Waals surface area contributed by atoms with Gasteiger partial charge in [-0.2, -0.15) is 0 Å². The number of carbonyl (C=O) groups is 1. The van der Waals surface area contributed by atoms with E-state index in [9.17, 15) is 4.79 Å². The van der Waals surface area contributed by atoms with E-state index >= 15 is 0 Å². The molecule has 1 N–H and O–H groups in total. The van der Waals surface area contributed by atoms with Crippen molar-refractivity contribution < 1.29 is 9.90 Å². The summed E-state index contributed by atoms with van der Waals surface area (Å²) < 4.78 is 1.85. The number of fused-ring (bicyclic) bond motifs is 1. The fraction of sp³-hybridized carbons (Fsp3) is 0. The van der Waals surface area contributed by atoms with Crippen molar-refractivity contribution in [2.45, 2.75) is 0 Å². The molecule has 0 aliphatic carbocycles. The second-order valence-corrected chi connectivity index (χ2v) is 5.55. The van der Waals surface area contributed by atoms with E-state index in [1.165, 1.54) is 3.40 Å². The molecule has 12 heavy (non-hydrogen) atoms. The van der Waals surface area contributed by atoms with Gasteiger partial charge in [-0.25, -0.2) is 0 Å². The van der Waals surface area contributed by atoms with Gasteiger partial charge in [-0.15, -0.1) is 0 Å². The van der Waals surface area contributed by atoms with Crippen LogP contribution >= 0.6 is 0 Å². The van der Waals surface area contributed by atoms with E-state index in [4.69, 9.17) is 5.11 Å². The van der Waals surface area contributed by atoms with E-state index in [2.05, 4.69) is 0 Å². The zero-order chi connectivity index (χ0) is 8.55. The third kappa shape index (κ3) is 1.26. The molecule has 0 spiro atoms. The van der Waals surface area contributed by atoms with Gasteiger partial charge in [0.25, 0.3) is 0 Å². The Morgan fingerprint density at radius 3 is 2.75 bits per heavy atom. The van der Waals surface area contributed by atoms with Gasteiger partial charge in [0.2, 0.25) is 0 Å². The molecule has 1 heterocycles. The predicted octanol–water partition coefficient (Wildman–Crippen LogP) is 1.59. The summed E-state index contributed by atoms with van der Waals surface area (Å²) >= 11 is -0.601. The van der Waals surface area contributed by atoms with Gasteiger partial charge in [0.15, 0.2) is 0 Å². The number of carboxylic acid groups (broad SMARTS) is 1. The summed E-state index contributed by atoms with van der Waals surface area (Å²) in [7, 11) is 0. The third-order valence-electron chi connectivity index (χ3n) is 1.64. The molecule has 0 aliphatic rings. The number of rotatable bonds is 1. The van der Waals surface area contributed by atoms with Crippen LogP contribution in [0.4, 0.5) is 0 Å². The topological polar surface area (TPSA) is 37.3 Å². The average Bonchev–Trinajstić information content (AvgIpc) is 2.46. The molecule has 0 aliphatic heterocycles. The first-order chi connectivity index (χ1) is 5.77. The van der Waals surface area contributed by atoms with Crippen LogP contribution in [0, 0.1) is 0 Å². The molecule has 0 saturated heterocycles. The number of hydrogen-bond donors (Lipinski definition) is 1. The van der Waals surface area contributed by atoms with Crippen molar-refractivity contribution in [1.29, 1.82) is 0 Å². The summed E-state index contributed by atoms with van der Waals surface area (Å²) in [6, 6.07) is 9.68. The zero-order valence-corrected chi connectivity index (χ0v) is 8.48. The third-order valence-corrected chi connectivity index (χ3v) is 4.79. The molecule has 1 aromatic carbocycles. The summed E-state index contributed by atoms with van der Waals surface area (Å²) in [6.07, 6.45) is 0. The van der Waals surface area contributed by atoms with E-state index in [1.54, 1.807) is 6.07 Å². The Bertz CT molecular complexity index is 398. The van der Waals surface area contributed by atoms with Crippen molar-refractivity contribution >= 4 is 35.2 Å². The molecule has 2 nitrogen and oxygen atoms in total. The van der Waals surface area contributed by atoms with Crippen LogP contribution in [-0.2, 0) is 0 Å². The van der Waals surface area contributed by atoms with Crippen LogP contribution in [0.2, 0.25) is 0 Å². The first-order valence-electron chi connectivity index (χ1n) is 3.49. The molecule has 0 unspecified atom stereocenters. The van der Waals surface area contributed by atoms with Crippen molar-refractivity contribution in [2.24, 2.45) is 0 Å². The monoisotopic (exact) mass is 276 g/mol. The van der Waals surface area contributed by atoms with E-state index in [-0.39, 0.29) is 0 Å². The molecule has 2 aromatic rings. The van der Waals surface area contributed by atoms with Crippen molar-refractivity contribution in [3.05, 3.63) is 33.9 Å². The number of benzene rings is 1. The average molecular weight is 274 g/mol. The molecule has 0 radical (unpaired) electrons. The standard InChI is InChI=1S/C9H6O2Te/c10-9(11)8-5-6-3-1-2-4-7(6)12-8/h1-5H,(H,10,11). The second-order valence-electron chi connectivity index (χ2n) is 2.45. The predicted molar refractivity (Wildman–Crippen MR) is 47.8 cm³/mol. The molecule has 0 bridgehead atoms. The van der Waals surface area contributed by atoms with Crippen molar-refractivity contribution in [2.75, 3.05) is 0 Å². The van der Waals surface area contributed by atoms with E-state index in [0.717, 1.165) is 5.39 Å². The van der Waals surface area contributed by atoms with Gasteiger partial charge in [-0.05, 0) is 0 Å². The zero-order valence-electron chi connectivity index (χ0n) is 6.15. The van der Waals surface area contributed by atoms with Crippen molar-refractivity contribution in [3.8, 4) is 0 Å². The Labute approximate surface area is 79.1 Å². The van der Waals surface area contributed by atoms with Crippen LogP contribution in [0.25, 0.3) is 8.79 Å². The Hall–Kier alpha value is -0.780. The maximum absolute atomic E-state index is 10.6. The molecule has 1 aromatic heterocycles. The van der Waals surface area contributed by atoms with Gasteiger partial charge in [0.05, 0.1) is 0 Å². The summed E-state index contributed by atoms with van der Waals surface area (Å²) in [5.41, 5.74) is 0. The Kier molecular flexibility index (Phi) is 1.92. The molecule has 2 rings (SSSR count). The molecule has 0 saturated carbocycles. The van der Waals surface area contributed by atoms with E-state index in [1.807, 2.05) is 24.3 Å². The first-order valence-corrected chi connectivity index (χ1v) is 5.82. The maximum atomic E-state index is 10.6. The fourth-order valence-corrected chi connectivity index (χ4v) is 3.66. The summed E-state index contributed by atoms with van der Waals surface area (Å²) in [6.45, 7) is 0. The number of hydrogen-bond acceptors (Lipinski definition) is 1. The summed E-state index contributed by atoms with van der Waals surface area (Å²) in [5, 5.41) is 9.84. The molecule has 60 valence electrons. The van der Waals surface area contributed by atoms with Gasteiger partial charge in [-0.3, -0.25) is 0 Å². The van der Waals surface area contributed by atoms with Crippen molar-refractivity contribution in [1.82, 2.24) is 0 Å². The van der Waals surface area contributed by atoms with Crippen LogP contribution in [0.15, 0.2) is 30.3 Å². The normalized spacial score (nSPS) is 10.3. The first kappa shape index (κ1) is 7.85. The molecule has 0 amide bonds. The Morgan fingerprint density at radius 2 is 2.08 bits per heavy atom. The van der Waals surface area contributed by atoms with Gasteiger partial charge in [-0.1, -0.05) is 0 Å². The van der Waals surface area contributed by atoms with Crippen LogP contribution < -0.4 is 0 Å². The van der Waals surface area contributed by atoms with Crippen LogP contribution in [-0.4, -0.2) is 31.5 Å². The minimum atomic E-state index is -0.756. The molecule has 3 heteroatoms. The molecule has 0 atom stereocenters. The minimum absolute atomic E-state index is 0.601. The van der Waals surface area contributed by atoms with Gasteiger partial charge < -0.3 is 0 Å². The molecular formula is C9H6O2Te. The number of carboxylic acids is 1. The van der Waals surface area contributed by atoms with Gasteiger partial charge >= 0.3 is 79.0 Å². The Morgan fingerprint density at radius 1 is 1.33 bits per heavy atom. The van der Waals surface area contributed by atoms with Gasteiger partial charge in [0, 0.05) is 0 Å².